The Balaban J connectivity index is 1.65. The van der Waals surface area contributed by atoms with Crippen molar-refractivity contribution in [3.63, 3.8) is 0 Å². The number of rotatable bonds is 1. The minimum atomic E-state index is -0.622. The highest BCUT2D eigenvalue weighted by atomic mass is 16.3. The van der Waals surface area contributed by atoms with Crippen LogP contribution in [0.1, 0.15) is 86.5 Å². The number of fused-ring (bicyclic) bond motifs is 7. The fourth-order valence-corrected chi connectivity index (χ4v) is 9.66. The Morgan fingerprint density at radius 3 is 2.35 bits per heavy atom. The molecule has 5 rings (SSSR count). The summed E-state index contributed by atoms with van der Waals surface area (Å²) < 4.78 is 0. The summed E-state index contributed by atoms with van der Waals surface area (Å²) in [7, 11) is 0. The van der Waals surface area contributed by atoms with Gasteiger partial charge in [-0.15, -0.1) is 0 Å². The van der Waals surface area contributed by atoms with Crippen molar-refractivity contribution in [1.29, 1.82) is 5.26 Å². The lowest BCUT2D eigenvalue weighted by molar-refractivity contribution is -0.153. The molecular formula is C30H41NO3. The number of hydrogen-bond donors (Lipinski definition) is 1. The number of aliphatic hydroxyl groups is 1. The van der Waals surface area contributed by atoms with Crippen molar-refractivity contribution in [2.75, 3.05) is 6.61 Å². The van der Waals surface area contributed by atoms with Crippen molar-refractivity contribution in [3.05, 3.63) is 23.3 Å². The van der Waals surface area contributed by atoms with Crippen molar-refractivity contribution in [2.24, 2.45) is 50.7 Å². The average molecular weight is 464 g/mol. The maximum Gasteiger partial charge on any atom is 0.178 e. The monoisotopic (exact) mass is 463 g/mol. The Hall–Kier alpha value is -1.73. The maximum absolute atomic E-state index is 14.0. The van der Waals surface area contributed by atoms with Crippen LogP contribution in [0.4, 0.5) is 0 Å². The van der Waals surface area contributed by atoms with Crippen LogP contribution in [0.5, 0.6) is 0 Å². The van der Waals surface area contributed by atoms with Crippen molar-refractivity contribution < 1.29 is 14.7 Å². The van der Waals surface area contributed by atoms with E-state index in [1.165, 1.54) is 0 Å². The van der Waals surface area contributed by atoms with Crippen LogP contribution in [0.25, 0.3) is 0 Å². The van der Waals surface area contributed by atoms with Gasteiger partial charge >= 0.3 is 0 Å². The molecule has 7 atom stereocenters. The van der Waals surface area contributed by atoms with Crippen LogP contribution >= 0.6 is 0 Å². The topological polar surface area (TPSA) is 78.2 Å². The number of aliphatic hydroxyl groups excluding tert-OH is 1. The summed E-state index contributed by atoms with van der Waals surface area (Å²) in [5.41, 5.74) is 0.264. The SMILES string of the molecule is CC1(C)CCC2(CO)CCC3C(C(=O)C=C4C5(C)C=C(C#N)C(=O)C(C)(C)C5CCC43C)C2C1. The molecule has 4 heteroatoms. The molecule has 5 aliphatic carbocycles. The third-order valence-corrected chi connectivity index (χ3v) is 11.6. The summed E-state index contributed by atoms with van der Waals surface area (Å²) in [6, 6.07) is 2.17. The smallest absolute Gasteiger partial charge is 0.178 e. The molecule has 3 saturated carbocycles. The first kappa shape index (κ1) is 24.0. The molecule has 184 valence electrons. The van der Waals surface area contributed by atoms with Gasteiger partial charge in [-0.3, -0.25) is 9.59 Å². The molecule has 4 nitrogen and oxygen atoms in total. The van der Waals surface area contributed by atoms with E-state index >= 15 is 0 Å². The molecule has 0 aromatic rings. The van der Waals surface area contributed by atoms with Crippen LogP contribution < -0.4 is 0 Å². The first-order valence-corrected chi connectivity index (χ1v) is 13.3. The molecule has 0 aromatic carbocycles. The molecule has 1 N–H and O–H groups in total. The Bertz CT molecular complexity index is 1060. The molecular weight excluding hydrogens is 422 g/mol. The molecule has 0 bridgehead atoms. The molecule has 0 spiro atoms. The lowest BCUT2D eigenvalue weighted by Gasteiger charge is -2.65. The van der Waals surface area contributed by atoms with Crippen LogP contribution in [0.2, 0.25) is 0 Å². The lowest BCUT2D eigenvalue weighted by Crippen LogP contribution is -2.61. The summed E-state index contributed by atoms with van der Waals surface area (Å²) in [5, 5.41) is 20.3. The fourth-order valence-electron chi connectivity index (χ4n) is 9.66. The molecule has 3 fully saturated rings. The average Bonchev–Trinajstić information content (AvgIpc) is 2.77. The number of Topliss-reactive ketones (excluding diaryl/α,β-unsaturated/α-hetero) is 1. The van der Waals surface area contributed by atoms with E-state index in [1.807, 2.05) is 26.0 Å². The summed E-state index contributed by atoms with van der Waals surface area (Å²) in [4.78, 5) is 27.1. The minimum absolute atomic E-state index is 0.0352. The number of carbonyl (C=O) groups excluding carboxylic acids is 2. The van der Waals surface area contributed by atoms with Crippen LogP contribution in [-0.4, -0.2) is 23.3 Å². The molecule has 7 unspecified atom stereocenters. The van der Waals surface area contributed by atoms with Crippen molar-refractivity contribution in [3.8, 4) is 6.07 Å². The zero-order valence-corrected chi connectivity index (χ0v) is 21.8. The van der Waals surface area contributed by atoms with E-state index in [2.05, 4.69) is 33.8 Å². The minimum Gasteiger partial charge on any atom is -0.396 e. The van der Waals surface area contributed by atoms with E-state index in [9.17, 15) is 20.0 Å². The van der Waals surface area contributed by atoms with E-state index in [1.54, 1.807) is 0 Å². The second kappa shape index (κ2) is 7.16. The molecule has 0 radical (unpaired) electrons. The summed E-state index contributed by atoms with van der Waals surface area (Å²) in [6.07, 6.45) is 10.8. The molecule has 0 aliphatic heterocycles. The third kappa shape index (κ3) is 2.92. The number of carbonyl (C=O) groups is 2. The van der Waals surface area contributed by atoms with Gasteiger partial charge in [-0.25, -0.2) is 0 Å². The van der Waals surface area contributed by atoms with E-state index < -0.39 is 10.8 Å². The third-order valence-electron chi connectivity index (χ3n) is 11.6. The zero-order valence-electron chi connectivity index (χ0n) is 21.8. The maximum atomic E-state index is 14.0. The molecule has 0 heterocycles. The van der Waals surface area contributed by atoms with E-state index in [0.717, 1.165) is 50.5 Å². The standard InChI is InChI=1S/C30H41NO3/c1-26(2)11-12-30(17-32)10-7-19-24(20(30)15-26)21(33)13-23-28(19,5)9-8-22-27(3,4)25(34)18(16-31)14-29(22,23)6/h13-14,19-20,22,24,32H,7-12,15,17H2,1-6H3. The van der Waals surface area contributed by atoms with E-state index in [0.29, 0.717) is 0 Å². The van der Waals surface area contributed by atoms with Gasteiger partial charge in [0.15, 0.2) is 11.6 Å². The highest BCUT2D eigenvalue weighted by Crippen LogP contribution is 2.70. The highest BCUT2D eigenvalue weighted by Gasteiger charge is 2.65. The Labute approximate surface area is 204 Å². The van der Waals surface area contributed by atoms with Gasteiger partial charge in [0.1, 0.15) is 6.07 Å². The highest BCUT2D eigenvalue weighted by molar-refractivity contribution is 6.04. The van der Waals surface area contributed by atoms with Gasteiger partial charge < -0.3 is 5.11 Å². The van der Waals surface area contributed by atoms with Crippen LogP contribution in [0.3, 0.4) is 0 Å². The normalized spacial score (nSPS) is 46.6. The second-order valence-corrected chi connectivity index (χ2v) is 14.1. The fraction of sp³-hybridized carbons (Fsp3) is 0.767. The van der Waals surface area contributed by atoms with E-state index in [-0.39, 0.29) is 63.7 Å². The largest absolute Gasteiger partial charge is 0.396 e. The van der Waals surface area contributed by atoms with Gasteiger partial charge in [0.05, 0.1) is 5.57 Å². The summed E-state index contributed by atoms with van der Waals surface area (Å²) in [5.74, 6) is 0.699. The summed E-state index contributed by atoms with van der Waals surface area (Å²) >= 11 is 0. The zero-order chi connectivity index (χ0) is 24.9. The van der Waals surface area contributed by atoms with Gasteiger partial charge in [-0.2, -0.15) is 5.26 Å². The van der Waals surface area contributed by atoms with Gasteiger partial charge in [0, 0.05) is 23.4 Å². The quantitative estimate of drug-likeness (QED) is 0.532. The molecule has 0 saturated heterocycles. The van der Waals surface area contributed by atoms with Crippen LogP contribution in [0, 0.1) is 62.1 Å². The molecule has 0 aromatic heterocycles. The van der Waals surface area contributed by atoms with Gasteiger partial charge in [0.2, 0.25) is 0 Å². The number of ketones is 2. The lowest BCUT2D eigenvalue weighted by atomic mass is 9.38. The van der Waals surface area contributed by atoms with Crippen molar-refractivity contribution in [1.82, 2.24) is 0 Å². The predicted octanol–water partition coefficient (Wildman–Crippen LogP) is 5.81. The molecule has 34 heavy (non-hydrogen) atoms. The van der Waals surface area contributed by atoms with Crippen molar-refractivity contribution in [2.45, 2.75) is 86.5 Å². The van der Waals surface area contributed by atoms with Gasteiger partial charge in [-0.05, 0) is 85.0 Å². The first-order valence-electron chi connectivity index (χ1n) is 13.3. The number of nitrogens with zero attached hydrogens (tertiary/aromatic N) is 1. The van der Waals surface area contributed by atoms with E-state index in [4.69, 9.17) is 0 Å². The Kier molecular flexibility index (Phi) is 5.05. The van der Waals surface area contributed by atoms with Crippen LogP contribution in [-0.2, 0) is 9.59 Å². The van der Waals surface area contributed by atoms with Gasteiger partial charge in [-0.1, -0.05) is 53.2 Å². The van der Waals surface area contributed by atoms with Gasteiger partial charge in [0.25, 0.3) is 0 Å². The number of allylic oxidation sites excluding steroid dienone is 4. The number of nitriles is 1. The predicted molar refractivity (Wildman–Crippen MR) is 131 cm³/mol. The number of hydrogen-bond acceptors (Lipinski definition) is 4. The molecule has 0 amide bonds. The Morgan fingerprint density at radius 2 is 1.71 bits per heavy atom. The van der Waals surface area contributed by atoms with Crippen molar-refractivity contribution >= 4 is 11.6 Å². The Morgan fingerprint density at radius 1 is 1.00 bits per heavy atom. The first-order chi connectivity index (χ1) is 15.8. The second-order valence-electron chi connectivity index (χ2n) is 14.1. The van der Waals surface area contributed by atoms with Crippen LogP contribution in [0.15, 0.2) is 23.3 Å². The summed E-state index contributed by atoms with van der Waals surface area (Å²) in [6.45, 7) is 13.3. The molecule has 5 aliphatic rings.